The Bertz CT molecular complexity index is 611. The highest BCUT2D eigenvalue weighted by Crippen LogP contribution is 2.31. The summed E-state index contributed by atoms with van der Waals surface area (Å²) in [4.78, 5) is 5.12. The van der Waals surface area contributed by atoms with E-state index in [2.05, 4.69) is 24.0 Å². The molecule has 0 saturated heterocycles. The van der Waals surface area contributed by atoms with Crippen LogP contribution in [-0.4, -0.2) is 12.1 Å². The van der Waals surface area contributed by atoms with Gasteiger partial charge in [0.15, 0.2) is 0 Å². The summed E-state index contributed by atoms with van der Waals surface area (Å²) in [5, 5.41) is 9.85. The molecule has 1 aromatic carbocycles. The van der Waals surface area contributed by atoms with E-state index in [9.17, 15) is 0 Å². The number of nitrogens with zero attached hydrogens (tertiary/aromatic N) is 2. The molecule has 3 nitrogen and oxygen atoms in total. The first-order chi connectivity index (χ1) is 8.69. The number of ether oxygens (including phenoxy) is 1. The normalized spacial score (nSPS) is 10.1. The molecule has 0 amide bonds. The molecule has 0 bridgehead atoms. The fraction of sp³-hybridized carbons (Fsp3) is 0.286. The van der Waals surface area contributed by atoms with E-state index < -0.39 is 0 Å². The topological polar surface area (TPSA) is 45.9 Å². The highest BCUT2D eigenvalue weighted by atomic mass is 32.1. The van der Waals surface area contributed by atoms with Crippen molar-refractivity contribution in [1.82, 2.24) is 4.98 Å². The number of hydrogen-bond donors (Lipinski definition) is 0. The van der Waals surface area contributed by atoms with Crippen LogP contribution in [0.3, 0.4) is 0 Å². The third kappa shape index (κ3) is 2.22. The molecular weight excluding hydrogens is 244 g/mol. The van der Waals surface area contributed by atoms with Gasteiger partial charge in [0.1, 0.15) is 21.7 Å². The molecule has 0 fully saturated rings. The molecule has 2 rings (SSSR count). The number of benzene rings is 1. The predicted molar refractivity (Wildman–Crippen MR) is 72.9 cm³/mol. The van der Waals surface area contributed by atoms with E-state index in [-0.39, 0.29) is 0 Å². The average Bonchev–Trinajstić information content (AvgIpc) is 2.79. The van der Waals surface area contributed by atoms with Crippen LogP contribution in [-0.2, 0) is 6.42 Å². The van der Waals surface area contributed by atoms with Gasteiger partial charge >= 0.3 is 0 Å². The van der Waals surface area contributed by atoms with Crippen LogP contribution in [0.2, 0.25) is 0 Å². The van der Waals surface area contributed by atoms with E-state index in [0.717, 1.165) is 34.0 Å². The summed E-state index contributed by atoms with van der Waals surface area (Å²) in [5.41, 5.74) is 3.00. The maximum Gasteiger partial charge on any atom is 0.128 e. The van der Waals surface area contributed by atoms with Crippen molar-refractivity contribution < 1.29 is 4.74 Å². The number of aryl methyl sites for hydroxylation is 2. The summed E-state index contributed by atoms with van der Waals surface area (Å²) in [7, 11) is 1.68. The van der Waals surface area contributed by atoms with Crippen molar-refractivity contribution in [2.45, 2.75) is 20.3 Å². The molecule has 1 heterocycles. The second-order valence-corrected chi connectivity index (χ2v) is 4.92. The van der Waals surface area contributed by atoms with Gasteiger partial charge in [0, 0.05) is 5.56 Å². The first kappa shape index (κ1) is 12.6. The maximum atomic E-state index is 8.96. The predicted octanol–water partition coefficient (Wildman–Crippen LogP) is 3.56. The monoisotopic (exact) mass is 258 g/mol. The SMILES string of the molecule is CCc1cc(-c2nc(C)c(C#N)s2)ccc1OC. The summed E-state index contributed by atoms with van der Waals surface area (Å²) >= 11 is 1.43. The molecule has 18 heavy (non-hydrogen) atoms. The molecule has 4 heteroatoms. The number of aromatic nitrogens is 1. The Morgan fingerprint density at radius 3 is 2.78 bits per heavy atom. The standard InChI is InChI=1S/C14H14N2OS/c1-4-10-7-11(5-6-12(10)17-3)14-16-9(2)13(8-15)18-14/h5-7H,4H2,1-3H3. The smallest absolute Gasteiger partial charge is 0.128 e. The van der Waals surface area contributed by atoms with Crippen LogP contribution in [0.25, 0.3) is 10.6 Å². The molecule has 0 aliphatic heterocycles. The highest BCUT2D eigenvalue weighted by molar-refractivity contribution is 7.15. The lowest BCUT2D eigenvalue weighted by Crippen LogP contribution is -1.91. The maximum absolute atomic E-state index is 8.96. The molecule has 0 atom stereocenters. The van der Waals surface area contributed by atoms with E-state index in [0.29, 0.717) is 4.88 Å². The lowest BCUT2D eigenvalue weighted by Gasteiger charge is -2.07. The Morgan fingerprint density at radius 1 is 1.44 bits per heavy atom. The largest absolute Gasteiger partial charge is 0.496 e. The molecule has 0 aliphatic rings. The summed E-state index contributed by atoms with van der Waals surface area (Å²) in [6.45, 7) is 3.96. The van der Waals surface area contributed by atoms with Gasteiger partial charge in [-0.05, 0) is 37.1 Å². The zero-order valence-electron chi connectivity index (χ0n) is 10.7. The van der Waals surface area contributed by atoms with Gasteiger partial charge in [-0.15, -0.1) is 11.3 Å². The zero-order valence-corrected chi connectivity index (χ0v) is 11.5. The van der Waals surface area contributed by atoms with Gasteiger partial charge in [-0.1, -0.05) is 6.92 Å². The minimum atomic E-state index is 0.680. The molecule has 1 aromatic heterocycles. The van der Waals surface area contributed by atoms with Crippen LogP contribution < -0.4 is 4.74 Å². The van der Waals surface area contributed by atoms with E-state index >= 15 is 0 Å². The Morgan fingerprint density at radius 2 is 2.22 bits per heavy atom. The molecule has 2 aromatic rings. The van der Waals surface area contributed by atoms with E-state index in [1.54, 1.807) is 7.11 Å². The first-order valence-electron chi connectivity index (χ1n) is 5.74. The third-order valence-corrected chi connectivity index (χ3v) is 3.92. The number of rotatable bonds is 3. The molecule has 0 aliphatic carbocycles. The van der Waals surface area contributed by atoms with Crippen LogP contribution in [0.1, 0.15) is 23.1 Å². The van der Waals surface area contributed by atoms with Crippen molar-refractivity contribution in [3.05, 3.63) is 34.3 Å². The minimum absolute atomic E-state index is 0.680. The number of nitriles is 1. The van der Waals surface area contributed by atoms with Crippen LogP contribution in [0, 0.1) is 18.3 Å². The molecule has 0 saturated carbocycles. The first-order valence-corrected chi connectivity index (χ1v) is 6.56. The fourth-order valence-corrected chi connectivity index (χ4v) is 2.67. The van der Waals surface area contributed by atoms with Crippen molar-refractivity contribution in [2.75, 3.05) is 7.11 Å². The van der Waals surface area contributed by atoms with Gasteiger partial charge in [0.25, 0.3) is 0 Å². The molecule has 0 unspecified atom stereocenters. The van der Waals surface area contributed by atoms with Gasteiger partial charge in [0.05, 0.1) is 12.8 Å². The van der Waals surface area contributed by atoms with Gasteiger partial charge in [-0.2, -0.15) is 5.26 Å². The summed E-state index contributed by atoms with van der Waals surface area (Å²) in [5.74, 6) is 0.898. The van der Waals surface area contributed by atoms with Gasteiger partial charge in [-0.25, -0.2) is 4.98 Å². The second-order valence-electron chi connectivity index (χ2n) is 3.93. The molecule has 0 radical (unpaired) electrons. The van der Waals surface area contributed by atoms with Crippen LogP contribution in [0.15, 0.2) is 18.2 Å². The van der Waals surface area contributed by atoms with E-state index in [4.69, 9.17) is 10.00 Å². The van der Waals surface area contributed by atoms with Crippen LogP contribution in [0.4, 0.5) is 0 Å². The highest BCUT2D eigenvalue weighted by Gasteiger charge is 2.10. The summed E-state index contributed by atoms with van der Waals surface area (Å²) < 4.78 is 5.31. The van der Waals surface area contributed by atoms with Crippen LogP contribution >= 0.6 is 11.3 Å². The van der Waals surface area contributed by atoms with Crippen molar-refractivity contribution in [1.29, 1.82) is 5.26 Å². The number of thiazole rings is 1. The molecule has 0 N–H and O–H groups in total. The summed E-state index contributed by atoms with van der Waals surface area (Å²) in [6.07, 6.45) is 0.909. The Balaban J connectivity index is 2.48. The number of methoxy groups -OCH3 is 1. The fourth-order valence-electron chi connectivity index (χ4n) is 1.81. The second kappa shape index (κ2) is 5.19. The summed E-state index contributed by atoms with van der Waals surface area (Å²) in [6, 6.07) is 8.19. The van der Waals surface area contributed by atoms with Crippen molar-refractivity contribution in [2.24, 2.45) is 0 Å². The van der Waals surface area contributed by atoms with Gasteiger partial charge in [-0.3, -0.25) is 0 Å². The third-order valence-electron chi connectivity index (χ3n) is 2.81. The number of hydrogen-bond acceptors (Lipinski definition) is 4. The van der Waals surface area contributed by atoms with E-state index in [1.165, 1.54) is 11.3 Å². The quantitative estimate of drug-likeness (QED) is 0.845. The Labute approximate surface area is 111 Å². The van der Waals surface area contributed by atoms with Crippen LogP contribution in [0.5, 0.6) is 5.75 Å². The van der Waals surface area contributed by atoms with Gasteiger partial charge in [0.2, 0.25) is 0 Å². The van der Waals surface area contributed by atoms with E-state index in [1.807, 2.05) is 19.1 Å². The molecule has 0 spiro atoms. The van der Waals surface area contributed by atoms with Crippen molar-refractivity contribution >= 4 is 11.3 Å². The lowest BCUT2D eigenvalue weighted by atomic mass is 10.1. The lowest BCUT2D eigenvalue weighted by molar-refractivity contribution is 0.410. The Kier molecular flexibility index (Phi) is 3.63. The zero-order chi connectivity index (χ0) is 13.1. The molecular formula is C14H14N2OS. The minimum Gasteiger partial charge on any atom is -0.496 e. The Hall–Kier alpha value is -1.86. The molecule has 92 valence electrons. The van der Waals surface area contributed by atoms with Crippen molar-refractivity contribution in [3.8, 4) is 22.4 Å². The average molecular weight is 258 g/mol. The van der Waals surface area contributed by atoms with Gasteiger partial charge < -0.3 is 4.74 Å². The van der Waals surface area contributed by atoms with Crippen molar-refractivity contribution in [3.63, 3.8) is 0 Å².